The van der Waals surface area contributed by atoms with Crippen molar-refractivity contribution in [2.45, 2.75) is 37.5 Å². The zero-order valence-electron chi connectivity index (χ0n) is 17.7. The Bertz CT molecular complexity index is 1070. The van der Waals surface area contributed by atoms with E-state index in [9.17, 15) is 13.2 Å². The molecule has 1 N–H and O–H groups in total. The number of piperidine rings is 1. The molecule has 2 aromatic carbocycles. The van der Waals surface area contributed by atoms with E-state index in [1.807, 2.05) is 19.9 Å². The van der Waals surface area contributed by atoms with Crippen LogP contribution in [0, 0.1) is 5.92 Å². The molecule has 0 saturated carbocycles. The number of halogens is 2. The Hall–Kier alpha value is -1.80. The Morgan fingerprint density at radius 3 is 2.58 bits per heavy atom. The van der Waals surface area contributed by atoms with Crippen LogP contribution in [-0.2, 0) is 14.8 Å². The van der Waals surface area contributed by atoms with Crippen molar-refractivity contribution >= 4 is 44.8 Å². The molecule has 0 aromatic heterocycles. The second-order valence-corrected chi connectivity index (χ2v) is 10.6. The van der Waals surface area contributed by atoms with Crippen LogP contribution in [0.25, 0.3) is 0 Å². The number of ether oxygens (including phenoxy) is 1. The lowest BCUT2D eigenvalue weighted by molar-refractivity contribution is -0.120. The fraction of sp³-hybridized carbons (Fsp3) is 0.409. The molecule has 0 bridgehead atoms. The van der Waals surface area contributed by atoms with Gasteiger partial charge in [-0.25, -0.2) is 8.42 Å². The molecule has 1 aliphatic heterocycles. The zero-order valence-corrected chi connectivity index (χ0v) is 20.0. The highest BCUT2D eigenvalue weighted by Gasteiger charge is 2.35. The first kappa shape index (κ1) is 23.9. The standard InChI is InChI=1S/C22H26Cl2N2O4S/c1-14(2)15-6-9-20(30-3)21(11-15)31(28,29)26-10-4-5-16(13-26)22(27)25-19-8-7-17(23)12-18(19)24/h6-9,11-12,14,16H,4-5,10,13H2,1-3H3,(H,25,27)/t16-/m0/s1. The van der Waals surface area contributed by atoms with Gasteiger partial charge in [-0.3, -0.25) is 4.79 Å². The molecule has 0 aliphatic carbocycles. The molecule has 3 rings (SSSR count). The Balaban J connectivity index is 1.82. The summed E-state index contributed by atoms with van der Waals surface area (Å²) in [5.74, 6) is -0.297. The molecule has 0 radical (unpaired) electrons. The van der Waals surface area contributed by atoms with Crippen molar-refractivity contribution in [2.24, 2.45) is 5.92 Å². The van der Waals surface area contributed by atoms with Gasteiger partial charge >= 0.3 is 0 Å². The Morgan fingerprint density at radius 2 is 1.94 bits per heavy atom. The molecule has 1 atom stereocenters. The van der Waals surface area contributed by atoms with Gasteiger partial charge in [-0.15, -0.1) is 0 Å². The van der Waals surface area contributed by atoms with Gasteiger partial charge in [0.2, 0.25) is 15.9 Å². The van der Waals surface area contributed by atoms with Crippen molar-refractivity contribution in [2.75, 3.05) is 25.5 Å². The molecule has 1 saturated heterocycles. The summed E-state index contributed by atoms with van der Waals surface area (Å²) >= 11 is 12.1. The van der Waals surface area contributed by atoms with Gasteiger partial charge < -0.3 is 10.1 Å². The summed E-state index contributed by atoms with van der Waals surface area (Å²) in [5.41, 5.74) is 1.35. The average molecular weight is 485 g/mol. The molecular weight excluding hydrogens is 459 g/mol. The lowest BCUT2D eigenvalue weighted by Crippen LogP contribution is -2.43. The van der Waals surface area contributed by atoms with Crippen LogP contribution in [0.1, 0.15) is 38.2 Å². The minimum absolute atomic E-state index is 0.0917. The first-order chi connectivity index (χ1) is 14.6. The van der Waals surface area contributed by atoms with Gasteiger partial charge in [0.05, 0.1) is 23.7 Å². The number of amides is 1. The summed E-state index contributed by atoms with van der Waals surface area (Å²) in [7, 11) is -2.38. The first-order valence-electron chi connectivity index (χ1n) is 10.1. The highest BCUT2D eigenvalue weighted by Crippen LogP contribution is 2.33. The molecule has 6 nitrogen and oxygen atoms in total. The maximum atomic E-state index is 13.4. The Labute approximate surface area is 193 Å². The molecule has 1 heterocycles. The van der Waals surface area contributed by atoms with Crippen molar-refractivity contribution in [1.29, 1.82) is 0 Å². The van der Waals surface area contributed by atoms with Crippen LogP contribution in [0.4, 0.5) is 5.69 Å². The van der Waals surface area contributed by atoms with E-state index in [1.54, 1.807) is 30.3 Å². The molecule has 2 aromatic rings. The summed E-state index contributed by atoms with van der Waals surface area (Å²) < 4.78 is 33.6. The normalized spacial score (nSPS) is 17.5. The third kappa shape index (κ3) is 5.34. The summed E-state index contributed by atoms with van der Waals surface area (Å²) in [4.78, 5) is 13.0. The fourth-order valence-corrected chi connectivity index (χ4v) is 5.76. The molecule has 168 valence electrons. The third-order valence-electron chi connectivity index (χ3n) is 5.42. The summed E-state index contributed by atoms with van der Waals surface area (Å²) in [6.07, 6.45) is 1.17. The van der Waals surface area contributed by atoms with Gasteiger partial charge in [-0.1, -0.05) is 43.1 Å². The fourth-order valence-electron chi connectivity index (χ4n) is 3.59. The van der Waals surface area contributed by atoms with E-state index in [4.69, 9.17) is 27.9 Å². The maximum Gasteiger partial charge on any atom is 0.246 e. The first-order valence-corrected chi connectivity index (χ1v) is 12.3. The van der Waals surface area contributed by atoms with E-state index >= 15 is 0 Å². The van der Waals surface area contributed by atoms with E-state index in [0.717, 1.165) is 5.56 Å². The molecule has 1 fully saturated rings. The molecule has 31 heavy (non-hydrogen) atoms. The molecule has 0 unspecified atom stereocenters. The molecular formula is C22H26Cl2N2O4S. The number of nitrogens with one attached hydrogen (secondary N) is 1. The zero-order chi connectivity index (χ0) is 22.8. The van der Waals surface area contributed by atoms with E-state index in [1.165, 1.54) is 11.4 Å². The SMILES string of the molecule is COc1ccc(C(C)C)cc1S(=O)(=O)N1CCC[C@H](C(=O)Nc2ccc(Cl)cc2Cl)C1. The quantitative estimate of drug-likeness (QED) is 0.613. The Morgan fingerprint density at radius 1 is 1.19 bits per heavy atom. The summed E-state index contributed by atoms with van der Waals surface area (Å²) in [6, 6.07) is 10.0. The predicted octanol–water partition coefficient (Wildman–Crippen LogP) is 5.16. The lowest BCUT2D eigenvalue weighted by Gasteiger charge is -2.31. The van der Waals surface area contributed by atoms with Crippen LogP contribution < -0.4 is 10.1 Å². The summed E-state index contributed by atoms with van der Waals surface area (Å²) in [5, 5.41) is 3.59. The molecule has 1 aliphatic rings. The number of benzene rings is 2. The van der Waals surface area contributed by atoms with Crippen molar-refractivity contribution < 1.29 is 17.9 Å². The summed E-state index contributed by atoms with van der Waals surface area (Å²) in [6.45, 7) is 4.44. The minimum atomic E-state index is -3.83. The van der Waals surface area contributed by atoms with E-state index < -0.39 is 15.9 Å². The smallest absolute Gasteiger partial charge is 0.246 e. The van der Waals surface area contributed by atoms with Gasteiger partial charge in [0, 0.05) is 18.1 Å². The molecule has 9 heteroatoms. The van der Waals surface area contributed by atoms with E-state index in [2.05, 4.69) is 5.32 Å². The topological polar surface area (TPSA) is 75.7 Å². The van der Waals surface area contributed by atoms with E-state index in [0.29, 0.717) is 40.9 Å². The number of hydrogen-bond acceptors (Lipinski definition) is 4. The average Bonchev–Trinajstić information content (AvgIpc) is 2.75. The second-order valence-electron chi connectivity index (χ2n) is 7.88. The van der Waals surface area contributed by atoms with Gasteiger partial charge in [0.25, 0.3) is 0 Å². The lowest BCUT2D eigenvalue weighted by atomic mass is 9.98. The van der Waals surface area contributed by atoms with E-state index in [-0.39, 0.29) is 23.3 Å². The Kier molecular flexibility index (Phi) is 7.52. The van der Waals surface area contributed by atoms with Crippen molar-refractivity contribution in [3.05, 3.63) is 52.0 Å². The monoisotopic (exact) mass is 484 g/mol. The number of rotatable bonds is 6. The van der Waals surface area contributed by atoms with Crippen molar-refractivity contribution in [1.82, 2.24) is 4.31 Å². The van der Waals surface area contributed by atoms with Crippen LogP contribution in [0.3, 0.4) is 0 Å². The number of nitrogens with zero attached hydrogens (tertiary/aromatic N) is 1. The number of sulfonamides is 1. The van der Waals surface area contributed by atoms with Gasteiger partial charge in [0.1, 0.15) is 10.6 Å². The predicted molar refractivity (Wildman–Crippen MR) is 124 cm³/mol. The van der Waals surface area contributed by atoms with Crippen LogP contribution in [-0.4, -0.2) is 38.8 Å². The molecule has 1 amide bonds. The number of anilines is 1. The molecule has 0 spiro atoms. The van der Waals surface area contributed by atoms with Crippen LogP contribution in [0.15, 0.2) is 41.3 Å². The van der Waals surface area contributed by atoms with Crippen molar-refractivity contribution in [3.8, 4) is 5.75 Å². The van der Waals surface area contributed by atoms with Crippen LogP contribution in [0.5, 0.6) is 5.75 Å². The second kappa shape index (κ2) is 9.77. The highest BCUT2D eigenvalue weighted by molar-refractivity contribution is 7.89. The minimum Gasteiger partial charge on any atom is -0.495 e. The van der Waals surface area contributed by atoms with Crippen LogP contribution in [0.2, 0.25) is 10.0 Å². The highest BCUT2D eigenvalue weighted by atomic mass is 35.5. The number of methoxy groups -OCH3 is 1. The number of carbonyl (C=O) groups is 1. The number of hydrogen-bond donors (Lipinski definition) is 1. The van der Waals surface area contributed by atoms with Crippen LogP contribution >= 0.6 is 23.2 Å². The van der Waals surface area contributed by atoms with Gasteiger partial charge in [-0.05, 0) is 54.7 Å². The van der Waals surface area contributed by atoms with Crippen molar-refractivity contribution in [3.63, 3.8) is 0 Å². The van der Waals surface area contributed by atoms with Gasteiger partial charge in [-0.2, -0.15) is 4.31 Å². The maximum absolute atomic E-state index is 13.4. The largest absolute Gasteiger partial charge is 0.495 e. The van der Waals surface area contributed by atoms with Gasteiger partial charge in [0.15, 0.2) is 0 Å². The number of carbonyl (C=O) groups excluding carboxylic acids is 1. The third-order valence-corrected chi connectivity index (χ3v) is 7.85.